The van der Waals surface area contributed by atoms with Crippen LogP contribution in [0.15, 0.2) is 18.2 Å². The molecule has 1 aromatic carbocycles. The van der Waals surface area contributed by atoms with E-state index in [9.17, 15) is 22.0 Å². The number of nitrogens with one attached hydrogen (secondary N) is 1. The summed E-state index contributed by atoms with van der Waals surface area (Å²) in [6, 6.07) is 2.96. The average molecular weight is 308 g/mol. The van der Waals surface area contributed by atoms with Gasteiger partial charge in [-0.2, -0.15) is 13.2 Å². The number of nitrogens with two attached hydrogens (primary N) is 1. The monoisotopic (exact) mass is 308 g/mol. The number of halogens is 5. The highest BCUT2D eigenvalue weighted by molar-refractivity contribution is 5.22. The van der Waals surface area contributed by atoms with E-state index in [0.29, 0.717) is 18.4 Å². The van der Waals surface area contributed by atoms with Gasteiger partial charge in [-0.1, -0.05) is 6.07 Å². The van der Waals surface area contributed by atoms with Gasteiger partial charge in [0, 0.05) is 6.04 Å². The highest BCUT2D eigenvalue weighted by atomic mass is 19.4. The summed E-state index contributed by atoms with van der Waals surface area (Å²) in [7, 11) is 0. The molecule has 1 atom stereocenters. The summed E-state index contributed by atoms with van der Waals surface area (Å²) >= 11 is 0. The molecule has 7 heteroatoms. The fourth-order valence-corrected chi connectivity index (χ4v) is 2.99. The molecule has 1 aromatic rings. The van der Waals surface area contributed by atoms with E-state index in [1.807, 2.05) is 0 Å². The maximum Gasteiger partial charge on any atom is 0.391 e. The first-order valence-electron chi connectivity index (χ1n) is 6.80. The minimum Gasteiger partial charge on any atom is -0.271 e. The molecule has 0 aromatic heterocycles. The zero-order chi connectivity index (χ0) is 15.6. The van der Waals surface area contributed by atoms with Gasteiger partial charge in [-0.15, -0.1) is 0 Å². The first-order valence-corrected chi connectivity index (χ1v) is 6.80. The van der Waals surface area contributed by atoms with Crippen LogP contribution >= 0.6 is 0 Å². The van der Waals surface area contributed by atoms with Gasteiger partial charge < -0.3 is 0 Å². The molecule has 0 saturated heterocycles. The molecule has 0 amide bonds. The van der Waals surface area contributed by atoms with Crippen molar-refractivity contribution in [3.05, 3.63) is 35.4 Å². The third kappa shape index (κ3) is 3.71. The van der Waals surface area contributed by atoms with Crippen LogP contribution in [-0.4, -0.2) is 6.18 Å². The molecule has 2 rings (SSSR count). The van der Waals surface area contributed by atoms with Crippen molar-refractivity contribution in [2.45, 2.75) is 37.9 Å². The minimum atomic E-state index is -4.17. The Morgan fingerprint density at radius 1 is 1.05 bits per heavy atom. The number of hydrazine groups is 1. The van der Waals surface area contributed by atoms with E-state index in [2.05, 4.69) is 5.43 Å². The molecule has 118 valence electrons. The van der Waals surface area contributed by atoms with Gasteiger partial charge in [-0.25, -0.2) is 8.78 Å². The highest BCUT2D eigenvalue weighted by Gasteiger charge is 2.42. The second-order valence-electron chi connectivity index (χ2n) is 5.47. The van der Waals surface area contributed by atoms with Crippen LogP contribution < -0.4 is 11.3 Å². The molecule has 21 heavy (non-hydrogen) atoms. The summed E-state index contributed by atoms with van der Waals surface area (Å²) < 4.78 is 64.1. The van der Waals surface area contributed by atoms with Crippen molar-refractivity contribution in [1.82, 2.24) is 5.43 Å². The quantitative estimate of drug-likeness (QED) is 0.506. The second kappa shape index (κ2) is 6.27. The Morgan fingerprint density at radius 2 is 1.67 bits per heavy atom. The lowest BCUT2D eigenvalue weighted by Gasteiger charge is -2.34. The summed E-state index contributed by atoms with van der Waals surface area (Å²) in [6.07, 6.45) is -3.40. The van der Waals surface area contributed by atoms with E-state index in [-0.39, 0.29) is 18.8 Å². The topological polar surface area (TPSA) is 38.0 Å². The summed E-state index contributed by atoms with van der Waals surface area (Å²) in [5, 5.41) is 0. The van der Waals surface area contributed by atoms with Gasteiger partial charge in [0.25, 0.3) is 0 Å². The zero-order valence-corrected chi connectivity index (χ0v) is 11.3. The van der Waals surface area contributed by atoms with E-state index in [0.717, 1.165) is 12.1 Å². The van der Waals surface area contributed by atoms with Crippen molar-refractivity contribution >= 4 is 0 Å². The van der Waals surface area contributed by atoms with Crippen LogP contribution in [0.5, 0.6) is 0 Å². The third-order valence-corrected chi connectivity index (χ3v) is 4.19. The number of hydrogen-bond acceptors (Lipinski definition) is 2. The largest absolute Gasteiger partial charge is 0.391 e. The molecule has 0 spiro atoms. The van der Waals surface area contributed by atoms with Crippen molar-refractivity contribution in [3.63, 3.8) is 0 Å². The number of rotatable bonds is 3. The maximum absolute atomic E-state index is 13.3. The molecule has 1 fully saturated rings. The van der Waals surface area contributed by atoms with Crippen LogP contribution in [0.1, 0.15) is 37.3 Å². The van der Waals surface area contributed by atoms with Gasteiger partial charge in [-0.3, -0.25) is 11.3 Å². The molecular weight excluding hydrogens is 291 g/mol. The summed E-state index contributed by atoms with van der Waals surface area (Å²) in [6.45, 7) is 0. The summed E-state index contributed by atoms with van der Waals surface area (Å²) in [5.41, 5.74) is 2.97. The second-order valence-corrected chi connectivity index (χ2v) is 5.47. The first-order chi connectivity index (χ1) is 9.82. The lowest BCUT2D eigenvalue weighted by molar-refractivity contribution is -0.184. The molecule has 2 nitrogen and oxygen atoms in total. The highest BCUT2D eigenvalue weighted by Crippen LogP contribution is 2.43. The van der Waals surface area contributed by atoms with Gasteiger partial charge in [0.15, 0.2) is 11.6 Å². The van der Waals surface area contributed by atoms with Crippen molar-refractivity contribution in [3.8, 4) is 0 Å². The van der Waals surface area contributed by atoms with Gasteiger partial charge in [0.1, 0.15) is 0 Å². The molecule has 1 aliphatic rings. The Hall–Kier alpha value is -1.21. The Bertz CT molecular complexity index is 481. The Kier molecular flexibility index (Phi) is 4.83. The van der Waals surface area contributed by atoms with E-state index >= 15 is 0 Å². The SMILES string of the molecule is NNC(c1ccc(F)c(F)c1)C1CCC(C(F)(F)F)CC1. The maximum atomic E-state index is 13.3. The lowest BCUT2D eigenvalue weighted by atomic mass is 9.76. The summed E-state index contributed by atoms with van der Waals surface area (Å²) in [4.78, 5) is 0. The molecule has 3 N–H and O–H groups in total. The molecule has 0 aliphatic heterocycles. The van der Waals surface area contributed by atoms with Crippen LogP contribution in [0.2, 0.25) is 0 Å². The standard InChI is InChI=1S/C14H17F5N2/c15-11-6-3-9(7-12(11)16)13(21-20)8-1-4-10(5-2-8)14(17,18)19/h3,6-8,10,13,21H,1-2,4-5,20H2. The van der Waals surface area contributed by atoms with Gasteiger partial charge in [0.2, 0.25) is 0 Å². The predicted molar refractivity (Wildman–Crippen MR) is 67.9 cm³/mol. The van der Waals surface area contributed by atoms with Gasteiger partial charge in [-0.05, 0) is 49.3 Å². The van der Waals surface area contributed by atoms with Gasteiger partial charge in [0.05, 0.1) is 5.92 Å². The van der Waals surface area contributed by atoms with Gasteiger partial charge >= 0.3 is 6.18 Å². The fourth-order valence-electron chi connectivity index (χ4n) is 2.99. The molecule has 0 heterocycles. The Balaban J connectivity index is 2.07. The molecular formula is C14H17F5N2. The number of alkyl halides is 3. The molecule has 1 unspecified atom stereocenters. The zero-order valence-electron chi connectivity index (χ0n) is 11.3. The van der Waals surface area contributed by atoms with E-state index in [1.165, 1.54) is 6.07 Å². The lowest BCUT2D eigenvalue weighted by Crippen LogP contribution is -2.37. The first kappa shape index (κ1) is 16.2. The predicted octanol–water partition coefficient (Wildman–Crippen LogP) is 3.84. The van der Waals surface area contributed by atoms with Crippen LogP contribution in [-0.2, 0) is 0 Å². The molecule has 1 aliphatic carbocycles. The average Bonchev–Trinajstić information content (AvgIpc) is 2.43. The molecule has 1 saturated carbocycles. The fraction of sp³-hybridized carbons (Fsp3) is 0.571. The van der Waals surface area contributed by atoms with E-state index in [1.54, 1.807) is 0 Å². The molecule has 0 bridgehead atoms. The van der Waals surface area contributed by atoms with Crippen LogP contribution in [0.25, 0.3) is 0 Å². The van der Waals surface area contributed by atoms with Crippen molar-refractivity contribution in [1.29, 1.82) is 0 Å². The van der Waals surface area contributed by atoms with Crippen LogP contribution in [0.4, 0.5) is 22.0 Å². The number of benzene rings is 1. The Morgan fingerprint density at radius 3 is 2.14 bits per heavy atom. The van der Waals surface area contributed by atoms with Crippen LogP contribution in [0, 0.1) is 23.5 Å². The van der Waals surface area contributed by atoms with E-state index in [4.69, 9.17) is 5.84 Å². The minimum absolute atomic E-state index is 0.0377. The number of hydrogen-bond donors (Lipinski definition) is 2. The molecule has 0 radical (unpaired) electrons. The Labute approximate surface area is 119 Å². The van der Waals surface area contributed by atoms with Crippen molar-refractivity contribution in [2.75, 3.05) is 0 Å². The third-order valence-electron chi connectivity index (χ3n) is 4.19. The smallest absolute Gasteiger partial charge is 0.271 e. The van der Waals surface area contributed by atoms with Crippen molar-refractivity contribution in [2.24, 2.45) is 17.7 Å². The van der Waals surface area contributed by atoms with E-state index < -0.39 is 29.8 Å². The summed E-state index contributed by atoms with van der Waals surface area (Å²) in [5.74, 6) is 2.10. The normalized spacial score (nSPS) is 24.9. The van der Waals surface area contributed by atoms with Crippen LogP contribution in [0.3, 0.4) is 0 Å². The van der Waals surface area contributed by atoms with Crippen molar-refractivity contribution < 1.29 is 22.0 Å².